The van der Waals surface area contributed by atoms with Crippen LogP contribution in [0.3, 0.4) is 0 Å². The molecule has 2 rings (SSSR count). The molecule has 0 saturated heterocycles. The maximum Gasteiger partial charge on any atom is 0.288 e. The number of hydrogen-bond donors (Lipinski definition) is 2. The van der Waals surface area contributed by atoms with E-state index in [4.69, 9.17) is 5.73 Å². The van der Waals surface area contributed by atoms with Gasteiger partial charge < -0.3 is 11.1 Å². The van der Waals surface area contributed by atoms with Crippen LogP contribution in [-0.2, 0) is 0 Å². The molecule has 3 N–H and O–H groups in total. The van der Waals surface area contributed by atoms with E-state index < -0.39 is 10.8 Å². The molecule has 7 heteroatoms. The predicted molar refractivity (Wildman–Crippen MR) is 79.1 cm³/mol. The summed E-state index contributed by atoms with van der Waals surface area (Å²) in [7, 11) is 0. The first-order chi connectivity index (χ1) is 9.97. The van der Waals surface area contributed by atoms with Crippen molar-refractivity contribution < 1.29 is 9.72 Å². The average molecular weight is 292 g/mol. The van der Waals surface area contributed by atoms with E-state index >= 15 is 0 Å². The predicted octanol–water partition coefficient (Wildman–Crippen LogP) is 2.47. The van der Waals surface area contributed by atoms with Crippen LogP contribution in [0.25, 0.3) is 0 Å². The van der Waals surface area contributed by atoms with Crippen LogP contribution in [0.4, 0.5) is 11.5 Å². The van der Waals surface area contributed by atoms with Crippen molar-refractivity contribution in [2.75, 3.05) is 5.32 Å². The Morgan fingerprint density at radius 3 is 2.86 bits per heavy atom. The van der Waals surface area contributed by atoms with Crippen LogP contribution in [0.5, 0.6) is 0 Å². The molecule has 0 aromatic carbocycles. The molecule has 1 aliphatic carbocycles. The molecule has 1 aromatic heterocycles. The van der Waals surface area contributed by atoms with Gasteiger partial charge in [-0.1, -0.05) is 19.8 Å². The minimum absolute atomic E-state index is 0.0708. The van der Waals surface area contributed by atoms with Gasteiger partial charge in [0.15, 0.2) is 0 Å². The lowest BCUT2D eigenvalue weighted by Crippen LogP contribution is -2.23. The number of carbonyl (C=O) groups excluding carboxylic acids is 1. The zero-order valence-electron chi connectivity index (χ0n) is 12.0. The van der Waals surface area contributed by atoms with Gasteiger partial charge in [-0.3, -0.25) is 14.9 Å². The van der Waals surface area contributed by atoms with Crippen molar-refractivity contribution in [3.8, 4) is 0 Å². The smallest absolute Gasteiger partial charge is 0.288 e. The third-order valence-corrected chi connectivity index (χ3v) is 3.95. The summed E-state index contributed by atoms with van der Waals surface area (Å²) in [5.74, 6) is 0.334. The molecule has 21 heavy (non-hydrogen) atoms. The molecule has 114 valence electrons. The van der Waals surface area contributed by atoms with E-state index in [2.05, 4.69) is 17.2 Å². The van der Waals surface area contributed by atoms with Crippen molar-refractivity contribution in [2.24, 2.45) is 11.7 Å². The molecule has 0 radical (unpaired) electrons. The number of primary amides is 1. The van der Waals surface area contributed by atoms with Crippen molar-refractivity contribution in [2.45, 2.75) is 45.1 Å². The Morgan fingerprint density at radius 2 is 2.19 bits per heavy atom. The van der Waals surface area contributed by atoms with Crippen LogP contribution in [0.15, 0.2) is 12.3 Å². The number of nitrogens with two attached hydrogens (primary N) is 1. The largest absolute Gasteiger partial charge is 0.367 e. The van der Waals surface area contributed by atoms with Gasteiger partial charge in [-0.15, -0.1) is 0 Å². The molecular formula is C14H20N4O3. The molecule has 2 unspecified atom stereocenters. The summed E-state index contributed by atoms with van der Waals surface area (Å²) in [4.78, 5) is 25.7. The third kappa shape index (κ3) is 3.90. The van der Waals surface area contributed by atoms with E-state index in [1.807, 2.05) is 0 Å². The number of carbonyl (C=O) groups is 1. The monoisotopic (exact) mass is 292 g/mol. The Balaban J connectivity index is 2.18. The Labute approximate surface area is 123 Å². The zero-order valence-corrected chi connectivity index (χ0v) is 12.0. The fourth-order valence-corrected chi connectivity index (χ4v) is 2.68. The lowest BCUT2D eigenvalue weighted by atomic mass is 10.0. The van der Waals surface area contributed by atoms with Crippen molar-refractivity contribution >= 4 is 17.4 Å². The summed E-state index contributed by atoms with van der Waals surface area (Å²) >= 11 is 0. The fourth-order valence-electron chi connectivity index (χ4n) is 2.68. The second kappa shape index (κ2) is 6.51. The maximum atomic E-state index is 11.5. The minimum atomic E-state index is -0.712. The van der Waals surface area contributed by atoms with E-state index in [0.29, 0.717) is 11.7 Å². The summed E-state index contributed by atoms with van der Waals surface area (Å²) in [6, 6.07) is 1.40. The molecular weight excluding hydrogens is 272 g/mol. The average Bonchev–Trinajstić information content (AvgIpc) is 2.63. The normalized spacial score (nSPS) is 22.3. The van der Waals surface area contributed by atoms with Gasteiger partial charge in [0.1, 0.15) is 12.0 Å². The number of aromatic nitrogens is 1. The molecule has 1 aromatic rings. The van der Waals surface area contributed by atoms with Gasteiger partial charge >= 0.3 is 0 Å². The Morgan fingerprint density at radius 1 is 1.43 bits per heavy atom. The van der Waals surface area contributed by atoms with Gasteiger partial charge in [0.05, 0.1) is 10.5 Å². The number of nitro groups is 1. The number of nitrogens with one attached hydrogen (secondary N) is 1. The fraction of sp³-hybridized carbons (Fsp3) is 0.571. The SMILES string of the molecule is CC1CCCC(Nc2ncc([N+](=O)[O-])cc2C(N)=O)CC1. The molecule has 0 bridgehead atoms. The zero-order chi connectivity index (χ0) is 15.4. The van der Waals surface area contributed by atoms with Gasteiger partial charge in [-0.2, -0.15) is 0 Å². The van der Waals surface area contributed by atoms with Crippen molar-refractivity contribution in [3.63, 3.8) is 0 Å². The highest BCUT2D eigenvalue weighted by Crippen LogP contribution is 2.26. The number of anilines is 1. The Kier molecular flexibility index (Phi) is 4.72. The summed E-state index contributed by atoms with van der Waals surface area (Å²) in [6.45, 7) is 2.24. The van der Waals surface area contributed by atoms with E-state index in [0.717, 1.165) is 31.9 Å². The molecule has 1 heterocycles. The van der Waals surface area contributed by atoms with Crippen LogP contribution in [-0.4, -0.2) is 21.9 Å². The van der Waals surface area contributed by atoms with Gasteiger partial charge in [-0.25, -0.2) is 4.98 Å². The van der Waals surface area contributed by atoms with Crippen LogP contribution in [0.1, 0.15) is 49.4 Å². The molecule has 2 atom stereocenters. The van der Waals surface area contributed by atoms with Gasteiger partial charge in [-0.05, 0) is 25.2 Å². The standard InChI is InChI=1S/C14H20N4O3/c1-9-3-2-4-10(6-5-9)17-14-12(13(15)19)7-11(8-16-14)18(20)21/h7-10H,2-6H2,1H3,(H2,15,19)(H,16,17). The van der Waals surface area contributed by atoms with Crippen molar-refractivity contribution in [3.05, 3.63) is 27.9 Å². The maximum absolute atomic E-state index is 11.5. The lowest BCUT2D eigenvalue weighted by molar-refractivity contribution is -0.385. The topological polar surface area (TPSA) is 111 Å². The summed E-state index contributed by atoms with van der Waals surface area (Å²) < 4.78 is 0. The minimum Gasteiger partial charge on any atom is -0.367 e. The van der Waals surface area contributed by atoms with Gasteiger partial charge in [0, 0.05) is 12.1 Å². The van der Waals surface area contributed by atoms with Crippen LogP contribution >= 0.6 is 0 Å². The number of pyridine rings is 1. The van der Waals surface area contributed by atoms with E-state index in [9.17, 15) is 14.9 Å². The van der Waals surface area contributed by atoms with Crippen LogP contribution < -0.4 is 11.1 Å². The molecule has 1 saturated carbocycles. The summed E-state index contributed by atoms with van der Waals surface area (Å²) in [6.07, 6.45) is 6.59. The quantitative estimate of drug-likeness (QED) is 0.503. The number of amides is 1. The second-order valence-electron chi connectivity index (χ2n) is 5.67. The first-order valence-corrected chi connectivity index (χ1v) is 7.18. The van der Waals surface area contributed by atoms with E-state index in [-0.39, 0.29) is 17.3 Å². The van der Waals surface area contributed by atoms with Crippen LogP contribution in [0, 0.1) is 16.0 Å². The highest BCUT2D eigenvalue weighted by molar-refractivity contribution is 5.98. The molecule has 1 fully saturated rings. The molecule has 7 nitrogen and oxygen atoms in total. The van der Waals surface area contributed by atoms with Crippen molar-refractivity contribution in [1.82, 2.24) is 4.98 Å². The van der Waals surface area contributed by atoms with E-state index in [1.54, 1.807) is 0 Å². The highest BCUT2D eigenvalue weighted by Gasteiger charge is 2.21. The summed E-state index contributed by atoms with van der Waals surface area (Å²) in [5.41, 5.74) is 5.14. The van der Waals surface area contributed by atoms with Gasteiger partial charge in [0.25, 0.3) is 11.6 Å². The highest BCUT2D eigenvalue weighted by atomic mass is 16.6. The molecule has 1 amide bonds. The van der Waals surface area contributed by atoms with Crippen LogP contribution in [0.2, 0.25) is 0 Å². The first kappa shape index (κ1) is 15.2. The Bertz CT molecular complexity index is 547. The summed E-state index contributed by atoms with van der Waals surface area (Å²) in [5, 5.41) is 14.0. The molecule has 1 aliphatic rings. The first-order valence-electron chi connectivity index (χ1n) is 7.18. The molecule has 0 spiro atoms. The van der Waals surface area contributed by atoms with E-state index in [1.165, 1.54) is 12.5 Å². The number of rotatable bonds is 4. The Hall–Kier alpha value is -2.18. The third-order valence-electron chi connectivity index (χ3n) is 3.95. The second-order valence-corrected chi connectivity index (χ2v) is 5.67. The van der Waals surface area contributed by atoms with Gasteiger partial charge in [0.2, 0.25) is 0 Å². The van der Waals surface area contributed by atoms with Crippen molar-refractivity contribution in [1.29, 1.82) is 0 Å². The molecule has 0 aliphatic heterocycles. The number of hydrogen-bond acceptors (Lipinski definition) is 5. The number of nitrogens with zero attached hydrogens (tertiary/aromatic N) is 2. The lowest BCUT2D eigenvalue weighted by Gasteiger charge is -2.18.